The normalized spacial score (nSPS) is 31.2. The van der Waals surface area contributed by atoms with Crippen LogP contribution in [0, 0.1) is 0 Å². The first-order valence-corrected chi connectivity index (χ1v) is 6.90. The largest absolute Gasteiger partial charge is 0.508 e. The van der Waals surface area contributed by atoms with Crippen LogP contribution in [0.2, 0.25) is 0 Å². The Morgan fingerprint density at radius 2 is 1.74 bits per heavy atom. The van der Waals surface area contributed by atoms with Crippen molar-refractivity contribution in [3.63, 3.8) is 0 Å². The van der Waals surface area contributed by atoms with E-state index >= 15 is 0 Å². The number of hydrogen-bond acceptors (Lipinski definition) is 8. The molecule has 1 aromatic carbocycles. The van der Waals surface area contributed by atoms with Gasteiger partial charge in [0.1, 0.15) is 36.8 Å². The SMILES string of the molecule is O=C(/C=C/c1ccc(O)cc1)OC[C@@H]1O[C@H](O)[C@@H](O)[C@@H](O)[C@H]1O. The highest BCUT2D eigenvalue weighted by molar-refractivity contribution is 5.87. The van der Waals surface area contributed by atoms with E-state index < -0.39 is 43.3 Å². The molecule has 0 saturated carbocycles. The Balaban J connectivity index is 1.85. The smallest absolute Gasteiger partial charge is 0.330 e. The van der Waals surface area contributed by atoms with Crippen molar-refractivity contribution in [2.45, 2.75) is 30.7 Å². The minimum Gasteiger partial charge on any atom is -0.508 e. The van der Waals surface area contributed by atoms with Crippen molar-refractivity contribution < 1.29 is 39.8 Å². The number of esters is 1. The van der Waals surface area contributed by atoms with Crippen molar-refractivity contribution in [2.75, 3.05) is 6.61 Å². The molecule has 0 bridgehead atoms. The van der Waals surface area contributed by atoms with Crippen molar-refractivity contribution in [2.24, 2.45) is 0 Å². The van der Waals surface area contributed by atoms with Crippen molar-refractivity contribution in [3.05, 3.63) is 35.9 Å². The Kier molecular flexibility index (Phi) is 5.69. The first-order chi connectivity index (χ1) is 10.9. The van der Waals surface area contributed by atoms with Crippen LogP contribution in [-0.4, -0.2) is 68.8 Å². The predicted molar refractivity (Wildman–Crippen MR) is 77.0 cm³/mol. The summed E-state index contributed by atoms with van der Waals surface area (Å²) >= 11 is 0. The fourth-order valence-electron chi connectivity index (χ4n) is 2.03. The first-order valence-electron chi connectivity index (χ1n) is 6.90. The summed E-state index contributed by atoms with van der Waals surface area (Å²) in [5.74, 6) is -0.614. The molecular weight excluding hydrogens is 308 g/mol. The second kappa shape index (κ2) is 7.53. The van der Waals surface area contributed by atoms with Gasteiger partial charge >= 0.3 is 5.97 Å². The summed E-state index contributed by atoms with van der Waals surface area (Å²) in [6, 6.07) is 6.12. The average molecular weight is 326 g/mol. The number of phenols is 1. The Morgan fingerprint density at radius 3 is 2.39 bits per heavy atom. The van der Waals surface area contributed by atoms with E-state index in [9.17, 15) is 25.2 Å². The molecule has 126 valence electrons. The molecule has 0 unspecified atom stereocenters. The Morgan fingerprint density at radius 1 is 1.09 bits per heavy atom. The lowest BCUT2D eigenvalue weighted by molar-refractivity contribution is -0.287. The van der Waals surface area contributed by atoms with Crippen molar-refractivity contribution in [1.29, 1.82) is 0 Å². The second-order valence-corrected chi connectivity index (χ2v) is 5.09. The second-order valence-electron chi connectivity index (χ2n) is 5.09. The number of rotatable bonds is 4. The van der Waals surface area contributed by atoms with Gasteiger partial charge in [-0.2, -0.15) is 0 Å². The standard InChI is InChI=1S/C15H18O8/c16-9-4-1-8(2-5-9)3-6-11(17)22-7-10-12(18)13(19)14(20)15(21)23-10/h1-6,10,12-16,18-21H,7H2/b6-3+/t10-,12-,13-,14-,15-/m0/s1. The van der Waals surface area contributed by atoms with Crippen LogP contribution in [0.25, 0.3) is 6.08 Å². The minimum absolute atomic E-state index is 0.104. The molecule has 0 radical (unpaired) electrons. The number of ether oxygens (including phenoxy) is 2. The molecule has 23 heavy (non-hydrogen) atoms. The molecule has 0 amide bonds. The van der Waals surface area contributed by atoms with Crippen molar-refractivity contribution in [1.82, 2.24) is 0 Å². The van der Waals surface area contributed by atoms with E-state index in [2.05, 4.69) is 0 Å². The maximum atomic E-state index is 11.6. The van der Waals surface area contributed by atoms with Gasteiger partial charge in [-0.15, -0.1) is 0 Å². The Labute approximate surface area is 131 Å². The fraction of sp³-hybridized carbons (Fsp3) is 0.400. The fourth-order valence-corrected chi connectivity index (χ4v) is 2.03. The minimum atomic E-state index is -1.68. The maximum Gasteiger partial charge on any atom is 0.330 e. The van der Waals surface area contributed by atoms with Gasteiger partial charge in [-0.1, -0.05) is 12.1 Å². The molecule has 0 aromatic heterocycles. The molecule has 5 N–H and O–H groups in total. The lowest BCUT2D eigenvalue weighted by Crippen LogP contribution is -2.58. The summed E-state index contributed by atoms with van der Waals surface area (Å²) in [5.41, 5.74) is 0.669. The third-order valence-corrected chi connectivity index (χ3v) is 3.38. The van der Waals surface area contributed by atoms with E-state index in [1.54, 1.807) is 12.1 Å². The highest BCUT2D eigenvalue weighted by Gasteiger charge is 2.43. The van der Waals surface area contributed by atoms with Crippen LogP contribution in [0.4, 0.5) is 0 Å². The van der Waals surface area contributed by atoms with Crippen LogP contribution in [0.3, 0.4) is 0 Å². The van der Waals surface area contributed by atoms with Gasteiger partial charge in [-0.3, -0.25) is 0 Å². The molecule has 1 aliphatic heterocycles. The van der Waals surface area contributed by atoms with Crippen LogP contribution in [0.15, 0.2) is 30.3 Å². The maximum absolute atomic E-state index is 11.6. The summed E-state index contributed by atoms with van der Waals surface area (Å²) in [4.78, 5) is 11.6. The van der Waals surface area contributed by atoms with E-state index in [1.807, 2.05) is 0 Å². The van der Waals surface area contributed by atoms with E-state index in [1.165, 1.54) is 18.2 Å². The summed E-state index contributed by atoms with van der Waals surface area (Å²) in [5, 5.41) is 47.0. The number of benzene rings is 1. The molecule has 1 heterocycles. The molecule has 2 rings (SSSR count). The van der Waals surface area contributed by atoms with Gasteiger partial charge in [0, 0.05) is 6.08 Å². The number of carbonyl (C=O) groups is 1. The monoisotopic (exact) mass is 326 g/mol. The zero-order chi connectivity index (χ0) is 17.0. The van der Waals surface area contributed by atoms with Crippen molar-refractivity contribution in [3.8, 4) is 5.75 Å². The van der Waals surface area contributed by atoms with Gasteiger partial charge in [0.15, 0.2) is 6.29 Å². The Bertz CT molecular complexity index is 555. The molecule has 5 atom stereocenters. The number of aliphatic hydroxyl groups is 4. The lowest BCUT2D eigenvalue weighted by atomic mass is 9.99. The molecule has 8 nitrogen and oxygen atoms in total. The molecule has 1 aromatic rings. The number of phenolic OH excluding ortho intramolecular Hbond substituents is 1. The molecule has 0 aliphatic carbocycles. The van der Waals surface area contributed by atoms with E-state index in [4.69, 9.17) is 14.6 Å². The number of hydrogen-bond donors (Lipinski definition) is 5. The predicted octanol–water partition coefficient (Wildman–Crippen LogP) is -1.25. The van der Waals surface area contributed by atoms with Gasteiger partial charge in [0.25, 0.3) is 0 Å². The van der Waals surface area contributed by atoms with Crippen LogP contribution in [0.5, 0.6) is 5.75 Å². The Hall–Kier alpha value is -1.97. The summed E-state index contributed by atoms with van der Waals surface area (Å²) in [6.45, 7) is -0.402. The average Bonchev–Trinajstić information content (AvgIpc) is 2.54. The van der Waals surface area contributed by atoms with Crippen LogP contribution in [0.1, 0.15) is 5.56 Å². The molecule has 0 spiro atoms. The van der Waals surface area contributed by atoms with Crippen LogP contribution < -0.4 is 0 Å². The van der Waals surface area contributed by atoms with E-state index in [0.29, 0.717) is 5.56 Å². The molecule has 1 fully saturated rings. The van der Waals surface area contributed by atoms with E-state index in [-0.39, 0.29) is 5.75 Å². The third-order valence-electron chi connectivity index (χ3n) is 3.38. The molecule has 1 saturated heterocycles. The quantitative estimate of drug-likeness (QED) is 0.342. The zero-order valence-corrected chi connectivity index (χ0v) is 12.0. The van der Waals surface area contributed by atoms with Crippen LogP contribution in [-0.2, 0) is 14.3 Å². The number of carbonyl (C=O) groups excluding carboxylic acids is 1. The lowest BCUT2D eigenvalue weighted by Gasteiger charge is -2.37. The van der Waals surface area contributed by atoms with Gasteiger partial charge in [-0.25, -0.2) is 4.79 Å². The van der Waals surface area contributed by atoms with Gasteiger partial charge in [-0.05, 0) is 23.8 Å². The summed E-state index contributed by atoms with van der Waals surface area (Å²) < 4.78 is 9.74. The van der Waals surface area contributed by atoms with E-state index in [0.717, 1.165) is 6.08 Å². The number of aliphatic hydroxyl groups excluding tert-OH is 4. The molecular formula is C15H18O8. The highest BCUT2D eigenvalue weighted by atomic mass is 16.6. The number of aromatic hydroxyl groups is 1. The van der Waals surface area contributed by atoms with Crippen LogP contribution >= 0.6 is 0 Å². The topological polar surface area (TPSA) is 137 Å². The van der Waals surface area contributed by atoms with Gasteiger partial charge in [0.05, 0.1) is 0 Å². The third kappa shape index (κ3) is 4.50. The highest BCUT2D eigenvalue weighted by Crippen LogP contribution is 2.20. The summed E-state index contributed by atoms with van der Waals surface area (Å²) in [6.07, 6.45) is -4.96. The van der Waals surface area contributed by atoms with Gasteiger partial charge < -0.3 is 35.0 Å². The van der Waals surface area contributed by atoms with Crippen molar-refractivity contribution >= 4 is 12.0 Å². The summed E-state index contributed by atoms with van der Waals surface area (Å²) in [7, 11) is 0. The van der Waals surface area contributed by atoms with Gasteiger partial charge in [0.2, 0.25) is 0 Å². The zero-order valence-electron chi connectivity index (χ0n) is 12.0. The molecule has 8 heteroatoms. The first kappa shape index (κ1) is 17.4. The molecule has 1 aliphatic rings.